The van der Waals surface area contributed by atoms with Crippen LogP contribution >= 0.6 is 0 Å². The summed E-state index contributed by atoms with van der Waals surface area (Å²) in [5, 5.41) is 0. The summed E-state index contributed by atoms with van der Waals surface area (Å²) in [6.45, 7) is 1.79. The fraction of sp³-hybridized carbons (Fsp3) is 0.300. The van der Waals surface area contributed by atoms with Crippen LogP contribution in [0.25, 0.3) is 0 Å². The van der Waals surface area contributed by atoms with Crippen molar-refractivity contribution in [3.8, 4) is 0 Å². The molecular formula is C10H11F2NO2. The molecule has 82 valence electrons. The summed E-state index contributed by atoms with van der Waals surface area (Å²) in [6.07, 6.45) is 0. The molecule has 0 spiro atoms. The number of ether oxygens (including phenoxy) is 1. The molecule has 0 saturated carbocycles. The van der Waals surface area contributed by atoms with Crippen LogP contribution in [-0.2, 0) is 9.53 Å². The van der Waals surface area contributed by atoms with Gasteiger partial charge in [0.2, 0.25) is 0 Å². The van der Waals surface area contributed by atoms with E-state index in [-0.39, 0.29) is 12.2 Å². The summed E-state index contributed by atoms with van der Waals surface area (Å²) in [6, 6.07) is 1.56. The first-order chi connectivity index (χ1) is 7.04. The van der Waals surface area contributed by atoms with Crippen molar-refractivity contribution >= 4 is 5.97 Å². The van der Waals surface area contributed by atoms with Crippen molar-refractivity contribution in [3.63, 3.8) is 0 Å². The third-order valence-corrected chi connectivity index (χ3v) is 1.78. The van der Waals surface area contributed by atoms with Gasteiger partial charge in [0, 0.05) is 6.07 Å². The van der Waals surface area contributed by atoms with E-state index in [1.165, 1.54) is 0 Å². The summed E-state index contributed by atoms with van der Waals surface area (Å²) in [4.78, 5) is 11.2. The second kappa shape index (κ2) is 4.84. The van der Waals surface area contributed by atoms with Crippen LogP contribution < -0.4 is 5.73 Å². The predicted molar refractivity (Wildman–Crippen MR) is 49.9 cm³/mol. The molecule has 0 heterocycles. The lowest BCUT2D eigenvalue weighted by Crippen LogP contribution is -2.24. The quantitative estimate of drug-likeness (QED) is 0.778. The van der Waals surface area contributed by atoms with Gasteiger partial charge in [-0.2, -0.15) is 0 Å². The third-order valence-electron chi connectivity index (χ3n) is 1.78. The van der Waals surface area contributed by atoms with Crippen LogP contribution in [0.1, 0.15) is 18.5 Å². The molecule has 1 aromatic rings. The molecule has 2 N–H and O–H groups in total. The maximum Gasteiger partial charge on any atom is 0.327 e. The minimum Gasteiger partial charge on any atom is -0.465 e. The zero-order chi connectivity index (χ0) is 11.4. The molecule has 15 heavy (non-hydrogen) atoms. The molecule has 0 bridgehead atoms. The van der Waals surface area contributed by atoms with Gasteiger partial charge in [0.25, 0.3) is 0 Å². The van der Waals surface area contributed by atoms with E-state index < -0.39 is 23.6 Å². The number of carbonyl (C=O) groups excluding carboxylic acids is 1. The van der Waals surface area contributed by atoms with Crippen LogP contribution in [0.15, 0.2) is 18.2 Å². The highest BCUT2D eigenvalue weighted by Gasteiger charge is 2.18. The lowest BCUT2D eigenvalue weighted by Gasteiger charge is -2.10. The Labute approximate surface area is 85.8 Å². The Morgan fingerprint density at radius 1 is 1.40 bits per heavy atom. The monoisotopic (exact) mass is 215 g/mol. The Bertz CT molecular complexity index is 348. The number of hydrogen-bond donors (Lipinski definition) is 1. The van der Waals surface area contributed by atoms with E-state index in [0.717, 1.165) is 12.1 Å². The van der Waals surface area contributed by atoms with Crippen LogP contribution in [0.5, 0.6) is 0 Å². The van der Waals surface area contributed by atoms with Gasteiger partial charge < -0.3 is 10.5 Å². The largest absolute Gasteiger partial charge is 0.465 e. The van der Waals surface area contributed by atoms with Crippen LogP contribution in [0.4, 0.5) is 8.78 Å². The van der Waals surface area contributed by atoms with Crippen LogP contribution in [-0.4, -0.2) is 12.6 Å². The molecule has 0 aliphatic heterocycles. The Morgan fingerprint density at radius 3 is 2.40 bits per heavy atom. The normalized spacial score (nSPS) is 12.3. The number of halogens is 2. The SMILES string of the molecule is CCOC(=O)C(N)c1cc(F)cc(F)c1. The highest BCUT2D eigenvalue weighted by atomic mass is 19.1. The maximum absolute atomic E-state index is 12.8. The molecule has 0 aromatic heterocycles. The standard InChI is InChI=1S/C10H11F2NO2/c1-2-15-10(14)9(13)6-3-7(11)5-8(12)4-6/h3-5,9H,2,13H2,1H3. The van der Waals surface area contributed by atoms with Gasteiger partial charge in [-0.15, -0.1) is 0 Å². The first-order valence-electron chi connectivity index (χ1n) is 4.42. The third kappa shape index (κ3) is 2.99. The van der Waals surface area contributed by atoms with E-state index in [4.69, 9.17) is 5.73 Å². The Hall–Kier alpha value is -1.49. The summed E-state index contributed by atoms with van der Waals surface area (Å²) in [7, 11) is 0. The fourth-order valence-electron chi connectivity index (χ4n) is 1.12. The van der Waals surface area contributed by atoms with Gasteiger partial charge in [-0.1, -0.05) is 0 Å². The van der Waals surface area contributed by atoms with E-state index in [1.54, 1.807) is 6.92 Å². The zero-order valence-corrected chi connectivity index (χ0v) is 8.17. The van der Waals surface area contributed by atoms with Crippen molar-refractivity contribution in [1.82, 2.24) is 0 Å². The molecule has 1 rings (SSSR count). The van der Waals surface area contributed by atoms with E-state index in [2.05, 4.69) is 4.74 Å². The molecule has 0 saturated heterocycles. The van der Waals surface area contributed by atoms with Crippen LogP contribution in [0.2, 0.25) is 0 Å². The van der Waals surface area contributed by atoms with Gasteiger partial charge in [0.15, 0.2) is 0 Å². The van der Waals surface area contributed by atoms with E-state index in [9.17, 15) is 13.6 Å². The molecule has 0 radical (unpaired) electrons. The first kappa shape index (κ1) is 11.6. The predicted octanol–water partition coefficient (Wildman–Crippen LogP) is 1.53. The van der Waals surface area contributed by atoms with Crippen molar-refractivity contribution in [2.45, 2.75) is 13.0 Å². The second-order valence-electron chi connectivity index (χ2n) is 2.93. The van der Waals surface area contributed by atoms with Crippen molar-refractivity contribution in [2.24, 2.45) is 5.73 Å². The Kier molecular flexibility index (Phi) is 3.74. The van der Waals surface area contributed by atoms with Crippen LogP contribution in [0, 0.1) is 11.6 Å². The highest BCUT2D eigenvalue weighted by Crippen LogP contribution is 2.15. The summed E-state index contributed by atoms with van der Waals surface area (Å²) < 4.78 is 30.2. The molecule has 1 aromatic carbocycles. The van der Waals surface area contributed by atoms with E-state index >= 15 is 0 Å². The second-order valence-corrected chi connectivity index (χ2v) is 2.93. The lowest BCUT2D eigenvalue weighted by molar-refractivity contribution is -0.144. The molecule has 3 nitrogen and oxygen atoms in total. The van der Waals surface area contributed by atoms with Crippen molar-refractivity contribution < 1.29 is 18.3 Å². The molecule has 0 fully saturated rings. The zero-order valence-electron chi connectivity index (χ0n) is 8.17. The average molecular weight is 215 g/mol. The number of benzene rings is 1. The molecule has 5 heteroatoms. The molecule has 0 amide bonds. The Morgan fingerprint density at radius 2 is 1.93 bits per heavy atom. The van der Waals surface area contributed by atoms with Crippen molar-refractivity contribution in [3.05, 3.63) is 35.4 Å². The number of carbonyl (C=O) groups is 1. The van der Waals surface area contributed by atoms with E-state index in [0.29, 0.717) is 6.07 Å². The van der Waals surface area contributed by atoms with Gasteiger partial charge in [-0.25, -0.2) is 13.6 Å². The molecule has 1 atom stereocenters. The topological polar surface area (TPSA) is 52.3 Å². The van der Waals surface area contributed by atoms with Crippen molar-refractivity contribution in [1.29, 1.82) is 0 Å². The summed E-state index contributed by atoms with van der Waals surface area (Å²) >= 11 is 0. The van der Waals surface area contributed by atoms with Gasteiger partial charge in [0.05, 0.1) is 6.61 Å². The molecular weight excluding hydrogens is 204 g/mol. The first-order valence-corrected chi connectivity index (χ1v) is 4.42. The van der Waals surface area contributed by atoms with Gasteiger partial charge >= 0.3 is 5.97 Å². The smallest absolute Gasteiger partial charge is 0.327 e. The highest BCUT2D eigenvalue weighted by molar-refractivity contribution is 5.77. The molecule has 0 aliphatic carbocycles. The molecule has 1 unspecified atom stereocenters. The number of nitrogens with two attached hydrogens (primary N) is 1. The number of rotatable bonds is 3. The Balaban J connectivity index is 2.90. The number of hydrogen-bond acceptors (Lipinski definition) is 3. The van der Waals surface area contributed by atoms with Gasteiger partial charge in [-0.3, -0.25) is 0 Å². The minimum atomic E-state index is -1.16. The summed E-state index contributed by atoms with van der Waals surface area (Å²) in [5.41, 5.74) is 5.52. The van der Waals surface area contributed by atoms with Crippen molar-refractivity contribution in [2.75, 3.05) is 6.61 Å². The minimum absolute atomic E-state index is 0.0611. The fourth-order valence-corrected chi connectivity index (χ4v) is 1.12. The molecule has 0 aliphatic rings. The number of esters is 1. The average Bonchev–Trinajstić information content (AvgIpc) is 2.15. The van der Waals surface area contributed by atoms with Gasteiger partial charge in [-0.05, 0) is 24.6 Å². The van der Waals surface area contributed by atoms with Crippen LogP contribution in [0.3, 0.4) is 0 Å². The lowest BCUT2D eigenvalue weighted by atomic mass is 10.1. The summed E-state index contributed by atoms with van der Waals surface area (Å²) in [5.74, 6) is -2.25. The maximum atomic E-state index is 12.8. The van der Waals surface area contributed by atoms with Gasteiger partial charge in [0.1, 0.15) is 17.7 Å². The van der Waals surface area contributed by atoms with E-state index in [1.807, 2.05) is 0 Å².